The second-order valence-corrected chi connectivity index (χ2v) is 16.0. The number of rotatable bonds is 5. The van der Waals surface area contributed by atoms with Gasteiger partial charge in [0, 0.05) is 5.56 Å². The van der Waals surface area contributed by atoms with Crippen molar-refractivity contribution < 1.29 is 0 Å². The van der Waals surface area contributed by atoms with E-state index >= 15 is 0 Å². The van der Waals surface area contributed by atoms with E-state index in [1.165, 1.54) is 54.2 Å². The van der Waals surface area contributed by atoms with Crippen LogP contribution in [0.3, 0.4) is 0 Å². The first-order valence-electron chi connectivity index (χ1n) is 16.4. The molecule has 7 aromatic carbocycles. The van der Waals surface area contributed by atoms with Gasteiger partial charge in [-0.05, 0) is 72.2 Å². The van der Waals surface area contributed by atoms with E-state index in [4.69, 9.17) is 0 Å². The van der Waals surface area contributed by atoms with Crippen LogP contribution in [0.15, 0.2) is 188 Å². The SMILES string of the molecule is C(#C[Si](c1ccccc1)(c1ccccc1)C1C=CC=CC1)c1c2ccccc2c(-c2ccccc2)c2ccc(-c3ccccc3)cc12. The molecule has 0 spiro atoms. The lowest BCUT2D eigenvalue weighted by molar-refractivity contribution is 0.999. The molecule has 0 saturated carbocycles. The average Bonchev–Trinajstić information content (AvgIpc) is 3.16. The highest BCUT2D eigenvalue weighted by Crippen LogP contribution is 2.41. The molecular formula is C46H34Si. The van der Waals surface area contributed by atoms with Crippen molar-refractivity contribution in [2.45, 2.75) is 12.0 Å². The van der Waals surface area contributed by atoms with Crippen LogP contribution in [0.2, 0.25) is 5.54 Å². The van der Waals surface area contributed by atoms with E-state index in [1.807, 2.05) is 0 Å². The highest BCUT2D eigenvalue weighted by molar-refractivity contribution is 7.09. The summed E-state index contributed by atoms with van der Waals surface area (Å²) in [6, 6.07) is 59.4. The first-order chi connectivity index (χ1) is 23.3. The number of benzene rings is 7. The summed E-state index contributed by atoms with van der Waals surface area (Å²) >= 11 is 0. The van der Waals surface area contributed by atoms with Crippen molar-refractivity contribution in [3.05, 3.63) is 194 Å². The molecule has 47 heavy (non-hydrogen) atoms. The van der Waals surface area contributed by atoms with Gasteiger partial charge < -0.3 is 0 Å². The van der Waals surface area contributed by atoms with Gasteiger partial charge in [-0.1, -0.05) is 188 Å². The molecule has 1 heteroatoms. The first-order valence-corrected chi connectivity index (χ1v) is 18.5. The lowest BCUT2D eigenvalue weighted by atomic mass is 9.87. The van der Waals surface area contributed by atoms with Crippen molar-refractivity contribution in [1.82, 2.24) is 0 Å². The van der Waals surface area contributed by atoms with Gasteiger partial charge in [-0.3, -0.25) is 0 Å². The van der Waals surface area contributed by atoms with Gasteiger partial charge in [0.1, 0.15) is 0 Å². The van der Waals surface area contributed by atoms with Gasteiger partial charge in [0.2, 0.25) is 8.07 Å². The van der Waals surface area contributed by atoms with E-state index < -0.39 is 8.07 Å². The molecule has 0 N–H and O–H groups in total. The zero-order valence-electron chi connectivity index (χ0n) is 26.2. The third-order valence-corrected chi connectivity index (χ3v) is 14.1. The van der Waals surface area contributed by atoms with E-state index in [0.29, 0.717) is 5.54 Å². The van der Waals surface area contributed by atoms with Crippen molar-refractivity contribution in [3.8, 4) is 33.7 Å². The minimum Gasteiger partial charge on any atom is -0.114 e. The molecule has 0 nitrogen and oxygen atoms in total. The fourth-order valence-electron chi connectivity index (χ4n) is 7.34. The summed E-state index contributed by atoms with van der Waals surface area (Å²) in [7, 11) is -2.66. The molecular weight excluding hydrogens is 581 g/mol. The molecule has 0 bridgehead atoms. The monoisotopic (exact) mass is 614 g/mol. The van der Waals surface area contributed by atoms with Crippen LogP contribution >= 0.6 is 0 Å². The number of hydrogen-bond donors (Lipinski definition) is 0. The zero-order chi connectivity index (χ0) is 31.5. The van der Waals surface area contributed by atoms with Gasteiger partial charge in [-0.15, -0.1) is 5.54 Å². The van der Waals surface area contributed by atoms with E-state index in [0.717, 1.165) is 12.0 Å². The quantitative estimate of drug-likeness (QED) is 0.103. The number of hydrogen-bond acceptors (Lipinski definition) is 0. The standard InChI is InChI=1S/C46H34Si/c1-6-18-35(19-7-1)37-30-31-44-45(34-37)42(41-28-16-17-29-43(41)46(44)36-20-8-2-9-21-36)32-33-47(38-22-10-3-11-23-38,39-24-12-4-13-25-39)40-26-14-5-15-27-40/h1-26,28-31,34,40H,27H2. The predicted molar refractivity (Wildman–Crippen MR) is 204 cm³/mol. The van der Waals surface area contributed by atoms with Crippen molar-refractivity contribution in [2.24, 2.45) is 0 Å². The topological polar surface area (TPSA) is 0 Å². The molecule has 1 aliphatic carbocycles. The molecule has 0 aromatic heterocycles. The summed E-state index contributed by atoms with van der Waals surface area (Å²) in [5, 5.41) is 7.55. The molecule has 0 fully saturated rings. The normalized spacial score (nSPS) is 14.2. The molecule has 0 amide bonds. The van der Waals surface area contributed by atoms with Crippen LogP contribution in [0.5, 0.6) is 0 Å². The van der Waals surface area contributed by atoms with Gasteiger partial charge >= 0.3 is 0 Å². The second-order valence-electron chi connectivity index (χ2n) is 12.2. The Morgan fingerprint density at radius 1 is 0.468 bits per heavy atom. The average molecular weight is 615 g/mol. The van der Waals surface area contributed by atoms with E-state index in [1.54, 1.807) is 0 Å². The Kier molecular flexibility index (Phi) is 7.71. The minimum atomic E-state index is -2.66. The third kappa shape index (κ3) is 5.24. The predicted octanol–water partition coefficient (Wildman–Crippen LogP) is 10.4. The number of fused-ring (bicyclic) bond motifs is 2. The van der Waals surface area contributed by atoms with E-state index in [-0.39, 0.29) is 0 Å². The summed E-state index contributed by atoms with van der Waals surface area (Å²) in [6.45, 7) is 0. The van der Waals surface area contributed by atoms with Crippen LogP contribution in [0.1, 0.15) is 12.0 Å². The van der Waals surface area contributed by atoms with Crippen molar-refractivity contribution >= 4 is 40.0 Å². The largest absolute Gasteiger partial charge is 0.206 e. The fraction of sp³-hybridized carbons (Fsp3) is 0.0435. The van der Waals surface area contributed by atoms with Crippen LogP contribution < -0.4 is 10.4 Å². The van der Waals surface area contributed by atoms with Gasteiger partial charge in [0.25, 0.3) is 0 Å². The zero-order valence-corrected chi connectivity index (χ0v) is 27.2. The Hall–Kier alpha value is -5.68. The van der Waals surface area contributed by atoms with E-state index in [2.05, 4.69) is 200 Å². The van der Waals surface area contributed by atoms with Crippen LogP contribution in [0, 0.1) is 11.5 Å². The van der Waals surface area contributed by atoms with Crippen LogP contribution in [0.4, 0.5) is 0 Å². The number of allylic oxidation sites excluding steroid dienone is 4. The maximum atomic E-state index is 4.16. The lowest BCUT2D eigenvalue weighted by Crippen LogP contribution is -2.60. The molecule has 7 aromatic rings. The maximum absolute atomic E-state index is 4.16. The molecule has 0 saturated heterocycles. The minimum absolute atomic E-state index is 0.311. The molecule has 1 atom stereocenters. The van der Waals surface area contributed by atoms with Crippen LogP contribution in [0.25, 0.3) is 43.8 Å². The fourth-order valence-corrected chi connectivity index (χ4v) is 11.6. The molecule has 1 unspecified atom stereocenters. The summed E-state index contributed by atoms with van der Waals surface area (Å²) in [5.41, 5.74) is 10.5. The Morgan fingerprint density at radius 3 is 1.64 bits per heavy atom. The first kappa shape index (κ1) is 28.8. The van der Waals surface area contributed by atoms with Crippen LogP contribution in [-0.2, 0) is 0 Å². The molecule has 0 heterocycles. The molecule has 0 radical (unpaired) electrons. The van der Waals surface area contributed by atoms with Crippen LogP contribution in [-0.4, -0.2) is 8.07 Å². The van der Waals surface area contributed by atoms with Crippen molar-refractivity contribution in [3.63, 3.8) is 0 Å². The third-order valence-electron chi connectivity index (χ3n) is 9.57. The summed E-state index contributed by atoms with van der Waals surface area (Å²) in [5.74, 6) is 3.98. The highest BCUT2D eigenvalue weighted by atomic mass is 28.3. The van der Waals surface area contributed by atoms with E-state index in [9.17, 15) is 0 Å². The summed E-state index contributed by atoms with van der Waals surface area (Å²) < 4.78 is 0. The summed E-state index contributed by atoms with van der Waals surface area (Å²) in [4.78, 5) is 0. The molecule has 8 rings (SSSR count). The lowest BCUT2D eigenvalue weighted by Gasteiger charge is -2.34. The molecule has 1 aliphatic rings. The Bertz CT molecular complexity index is 2270. The summed E-state index contributed by atoms with van der Waals surface area (Å²) in [6.07, 6.45) is 10.1. The van der Waals surface area contributed by atoms with Crippen molar-refractivity contribution in [1.29, 1.82) is 0 Å². The molecule has 0 aliphatic heterocycles. The Morgan fingerprint density at radius 2 is 1.02 bits per heavy atom. The Labute approximate surface area is 278 Å². The second kappa shape index (κ2) is 12.6. The highest BCUT2D eigenvalue weighted by Gasteiger charge is 2.42. The molecule has 222 valence electrons. The Balaban J connectivity index is 1.48. The maximum Gasteiger partial charge on any atom is 0.206 e. The van der Waals surface area contributed by atoms with Gasteiger partial charge in [-0.25, -0.2) is 0 Å². The van der Waals surface area contributed by atoms with Crippen molar-refractivity contribution in [2.75, 3.05) is 0 Å². The smallest absolute Gasteiger partial charge is 0.114 e. The van der Waals surface area contributed by atoms with Gasteiger partial charge in [0.15, 0.2) is 0 Å². The van der Waals surface area contributed by atoms with Gasteiger partial charge in [0.05, 0.1) is 0 Å². The van der Waals surface area contributed by atoms with Gasteiger partial charge in [-0.2, -0.15) is 0 Å².